The molecule has 0 bridgehead atoms. The lowest BCUT2D eigenvalue weighted by Gasteiger charge is -2.17. The van der Waals surface area contributed by atoms with E-state index < -0.39 is 11.2 Å². The van der Waals surface area contributed by atoms with E-state index in [0.29, 0.717) is 33.3 Å². The number of hydrogen-bond acceptors (Lipinski definition) is 5. The third-order valence-electron chi connectivity index (χ3n) is 5.12. The Morgan fingerprint density at radius 2 is 1.53 bits per heavy atom. The Bertz CT molecular complexity index is 1390. The van der Waals surface area contributed by atoms with E-state index in [2.05, 4.69) is 4.98 Å². The van der Waals surface area contributed by atoms with E-state index in [1.54, 1.807) is 50.6 Å². The zero-order chi connectivity index (χ0) is 21.6. The number of hydrogen-bond donors (Lipinski definition) is 1. The molecule has 2 aromatic heterocycles. The smallest absolute Gasteiger partial charge is 0.332 e. The molecule has 2 N–H and O–H groups in total. The molecule has 7 nitrogen and oxygen atoms in total. The topological polar surface area (TPSA) is 92.1 Å². The number of nitrogens with zero attached hydrogens (tertiary/aromatic N) is 3. The highest BCUT2D eigenvalue weighted by Crippen LogP contribution is 2.38. The summed E-state index contributed by atoms with van der Waals surface area (Å²) in [5, 5.41) is 0.856. The maximum Gasteiger partial charge on any atom is 0.332 e. The van der Waals surface area contributed by atoms with Crippen LogP contribution in [0.2, 0.25) is 5.02 Å². The summed E-state index contributed by atoms with van der Waals surface area (Å²) in [5.41, 5.74) is 8.66. The SMILES string of the molecule is COc1ccc(-c2c(N)c(-c3ccc(Cl)cc3)nc3c2c(=O)n(C)c(=O)n3C)cc1. The molecule has 0 saturated carbocycles. The molecule has 152 valence electrons. The van der Waals surface area contributed by atoms with Crippen molar-refractivity contribution in [3.63, 3.8) is 0 Å². The number of ether oxygens (including phenoxy) is 1. The van der Waals surface area contributed by atoms with Gasteiger partial charge in [-0.15, -0.1) is 0 Å². The van der Waals surface area contributed by atoms with Crippen molar-refractivity contribution < 1.29 is 4.74 Å². The number of benzene rings is 2. The number of aryl methyl sites for hydroxylation is 1. The Balaban J connectivity index is 2.18. The second-order valence-corrected chi connectivity index (χ2v) is 7.33. The summed E-state index contributed by atoms with van der Waals surface area (Å²) < 4.78 is 7.64. The van der Waals surface area contributed by atoms with Crippen molar-refractivity contribution in [3.05, 3.63) is 74.4 Å². The monoisotopic (exact) mass is 422 g/mol. The first-order chi connectivity index (χ1) is 14.3. The van der Waals surface area contributed by atoms with E-state index in [9.17, 15) is 9.59 Å². The minimum atomic E-state index is -0.465. The number of methoxy groups -OCH3 is 1. The van der Waals surface area contributed by atoms with Crippen LogP contribution < -0.4 is 21.7 Å². The van der Waals surface area contributed by atoms with Crippen molar-refractivity contribution >= 4 is 28.3 Å². The molecule has 0 spiro atoms. The van der Waals surface area contributed by atoms with E-state index in [1.807, 2.05) is 12.1 Å². The van der Waals surface area contributed by atoms with Crippen LogP contribution in [0.1, 0.15) is 0 Å². The van der Waals surface area contributed by atoms with Gasteiger partial charge >= 0.3 is 5.69 Å². The van der Waals surface area contributed by atoms with Gasteiger partial charge in [0.2, 0.25) is 0 Å². The lowest BCUT2D eigenvalue weighted by atomic mass is 9.97. The Labute approximate surface area is 176 Å². The van der Waals surface area contributed by atoms with Crippen molar-refractivity contribution in [2.24, 2.45) is 14.1 Å². The molecule has 0 aliphatic heterocycles. The highest BCUT2D eigenvalue weighted by Gasteiger charge is 2.21. The van der Waals surface area contributed by atoms with Crippen LogP contribution in [-0.2, 0) is 14.1 Å². The van der Waals surface area contributed by atoms with E-state index in [0.717, 1.165) is 10.1 Å². The van der Waals surface area contributed by atoms with E-state index in [1.165, 1.54) is 11.6 Å². The number of halogens is 1. The molecule has 0 saturated heterocycles. The van der Waals surface area contributed by atoms with Gasteiger partial charge in [-0.1, -0.05) is 35.9 Å². The number of pyridine rings is 1. The predicted molar refractivity (Wildman–Crippen MR) is 119 cm³/mol. The molecule has 30 heavy (non-hydrogen) atoms. The number of rotatable bonds is 3. The summed E-state index contributed by atoms with van der Waals surface area (Å²) in [7, 11) is 4.59. The molecule has 4 rings (SSSR count). The quantitative estimate of drug-likeness (QED) is 0.547. The van der Waals surface area contributed by atoms with E-state index in [-0.39, 0.29) is 11.0 Å². The first-order valence-corrected chi connectivity index (χ1v) is 9.51. The second-order valence-electron chi connectivity index (χ2n) is 6.89. The van der Waals surface area contributed by atoms with Crippen LogP contribution in [0.3, 0.4) is 0 Å². The van der Waals surface area contributed by atoms with Crippen molar-refractivity contribution in [3.8, 4) is 28.1 Å². The van der Waals surface area contributed by atoms with Gasteiger partial charge in [0.15, 0.2) is 5.65 Å². The summed E-state index contributed by atoms with van der Waals surface area (Å²) in [5.74, 6) is 0.675. The standard InChI is InChI=1S/C22H19ClN4O3/c1-26-20-17(21(28)27(2)22(26)29)16(12-6-10-15(30-3)11-7-12)18(24)19(25-20)13-4-8-14(23)9-5-13/h4-11H,24H2,1-3H3. The van der Waals surface area contributed by atoms with E-state index in [4.69, 9.17) is 22.1 Å². The Morgan fingerprint density at radius 1 is 0.933 bits per heavy atom. The van der Waals surface area contributed by atoms with Crippen LogP contribution in [0.4, 0.5) is 5.69 Å². The summed E-state index contributed by atoms with van der Waals surface area (Å²) in [6.45, 7) is 0. The molecule has 0 aliphatic rings. The van der Waals surface area contributed by atoms with Gasteiger partial charge in [-0.3, -0.25) is 13.9 Å². The largest absolute Gasteiger partial charge is 0.497 e. The fourth-order valence-electron chi connectivity index (χ4n) is 3.49. The lowest BCUT2D eigenvalue weighted by Crippen LogP contribution is -2.37. The van der Waals surface area contributed by atoms with Crippen molar-refractivity contribution in [2.45, 2.75) is 0 Å². The van der Waals surface area contributed by atoms with Gasteiger partial charge < -0.3 is 10.5 Å². The van der Waals surface area contributed by atoms with Gasteiger partial charge in [-0.25, -0.2) is 9.78 Å². The molecule has 8 heteroatoms. The maximum atomic E-state index is 13.1. The number of fused-ring (bicyclic) bond motifs is 1. The lowest BCUT2D eigenvalue weighted by molar-refractivity contribution is 0.415. The second kappa shape index (κ2) is 7.35. The molecular weight excluding hydrogens is 404 g/mol. The number of nitrogen functional groups attached to an aromatic ring is 1. The van der Waals surface area contributed by atoms with Crippen LogP contribution in [0.15, 0.2) is 58.1 Å². The average Bonchev–Trinajstić information content (AvgIpc) is 2.76. The third-order valence-corrected chi connectivity index (χ3v) is 5.37. The molecule has 0 radical (unpaired) electrons. The first kappa shape index (κ1) is 19.7. The molecule has 4 aromatic rings. The molecule has 0 aliphatic carbocycles. The molecule has 0 fully saturated rings. The van der Waals surface area contributed by atoms with Gasteiger partial charge in [0, 0.05) is 30.2 Å². The molecule has 2 aromatic carbocycles. The normalized spacial score (nSPS) is 11.1. The van der Waals surface area contributed by atoms with Crippen LogP contribution in [0.5, 0.6) is 5.75 Å². The van der Waals surface area contributed by atoms with Gasteiger partial charge in [0.1, 0.15) is 5.75 Å². The molecule has 0 amide bonds. The molecule has 2 heterocycles. The van der Waals surface area contributed by atoms with Gasteiger partial charge in [0.05, 0.1) is 23.9 Å². The highest BCUT2D eigenvalue weighted by molar-refractivity contribution is 6.30. The minimum absolute atomic E-state index is 0.257. The van der Waals surface area contributed by atoms with Gasteiger partial charge in [0.25, 0.3) is 5.56 Å². The number of anilines is 1. The van der Waals surface area contributed by atoms with Crippen LogP contribution >= 0.6 is 11.6 Å². The predicted octanol–water partition coefficient (Wildman–Crippen LogP) is 3.21. The Kier molecular flexibility index (Phi) is 4.83. The van der Waals surface area contributed by atoms with Crippen LogP contribution in [0.25, 0.3) is 33.4 Å². The highest BCUT2D eigenvalue weighted by atomic mass is 35.5. The minimum Gasteiger partial charge on any atom is -0.497 e. The van der Waals surface area contributed by atoms with Crippen LogP contribution in [0, 0.1) is 0 Å². The Hall–Kier alpha value is -3.58. The summed E-state index contributed by atoms with van der Waals surface area (Å²) in [6.07, 6.45) is 0. The summed E-state index contributed by atoms with van der Waals surface area (Å²) in [4.78, 5) is 30.2. The van der Waals surface area contributed by atoms with Crippen molar-refractivity contribution in [1.82, 2.24) is 14.1 Å². The van der Waals surface area contributed by atoms with Gasteiger partial charge in [-0.2, -0.15) is 0 Å². The Morgan fingerprint density at radius 3 is 2.13 bits per heavy atom. The zero-order valence-corrected chi connectivity index (χ0v) is 17.4. The third kappa shape index (κ3) is 3.04. The summed E-state index contributed by atoms with van der Waals surface area (Å²) in [6, 6.07) is 14.3. The van der Waals surface area contributed by atoms with Crippen LogP contribution in [-0.4, -0.2) is 21.2 Å². The van der Waals surface area contributed by atoms with Crippen molar-refractivity contribution in [1.29, 1.82) is 0 Å². The van der Waals surface area contributed by atoms with Gasteiger partial charge in [-0.05, 0) is 29.8 Å². The molecule has 0 unspecified atom stereocenters. The van der Waals surface area contributed by atoms with E-state index >= 15 is 0 Å². The fourth-order valence-corrected chi connectivity index (χ4v) is 3.61. The maximum absolute atomic E-state index is 13.1. The first-order valence-electron chi connectivity index (χ1n) is 9.13. The molecular formula is C22H19ClN4O3. The fraction of sp³-hybridized carbons (Fsp3) is 0.136. The summed E-state index contributed by atoms with van der Waals surface area (Å²) >= 11 is 6.02. The zero-order valence-electron chi connectivity index (χ0n) is 16.6. The average molecular weight is 423 g/mol. The number of nitrogens with two attached hydrogens (primary N) is 1. The van der Waals surface area contributed by atoms with Crippen molar-refractivity contribution in [2.75, 3.05) is 12.8 Å². The molecule has 0 atom stereocenters. The number of aromatic nitrogens is 3.